The number of benzene rings is 1. The third kappa shape index (κ3) is 4.04. The van der Waals surface area contributed by atoms with Gasteiger partial charge in [0.25, 0.3) is 5.91 Å². The number of aromatic nitrogens is 2. The molecule has 2 saturated heterocycles. The van der Waals surface area contributed by atoms with Gasteiger partial charge in [-0.15, -0.1) is 0 Å². The molecular weight excluding hydrogens is 456 g/mol. The Hall–Kier alpha value is -2.15. The smallest absolute Gasteiger partial charge is 0.274 e. The standard InChI is InChI=1S/C24H29BrN4O2/c25-18-6-5-7-19(16-18)29-21-9-2-1-8-20(21)22(26-29)24(31)28-14-10-17(11-15-28)23(30)27-12-3-4-13-27/h5-7,16-17H,1-4,8-15H2. The number of likely N-dealkylation sites (tertiary alicyclic amines) is 2. The molecule has 2 aromatic rings. The zero-order valence-electron chi connectivity index (χ0n) is 17.9. The number of piperidine rings is 1. The normalized spacial score (nSPS) is 19.5. The van der Waals surface area contributed by atoms with Crippen LogP contribution in [0.3, 0.4) is 0 Å². The number of carbonyl (C=O) groups is 2. The molecule has 0 saturated carbocycles. The molecule has 3 aliphatic rings. The lowest BCUT2D eigenvalue weighted by molar-refractivity contribution is -0.135. The van der Waals surface area contributed by atoms with Crippen LogP contribution in [-0.4, -0.2) is 57.6 Å². The molecule has 3 heterocycles. The molecule has 0 bridgehead atoms. The first-order valence-electron chi connectivity index (χ1n) is 11.6. The Morgan fingerprint density at radius 3 is 2.42 bits per heavy atom. The third-order valence-corrected chi connectivity index (χ3v) is 7.48. The van der Waals surface area contributed by atoms with Crippen LogP contribution in [0.25, 0.3) is 5.69 Å². The summed E-state index contributed by atoms with van der Waals surface area (Å²) in [7, 11) is 0. The second-order valence-electron chi connectivity index (χ2n) is 8.97. The van der Waals surface area contributed by atoms with Gasteiger partial charge in [-0.2, -0.15) is 5.10 Å². The molecule has 31 heavy (non-hydrogen) atoms. The summed E-state index contributed by atoms with van der Waals surface area (Å²) in [6, 6.07) is 8.08. The van der Waals surface area contributed by atoms with E-state index >= 15 is 0 Å². The van der Waals surface area contributed by atoms with Gasteiger partial charge in [0.05, 0.1) is 5.69 Å². The van der Waals surface area contributed by atoms with Gasteiger partial charge in [0.1, 0.15) is 0 Å². The maximum absolute atomic E-state index is 13.5. The van der Waals surface area contributed by atoms with Crippen molar-refractivity contribution in [2.75, 3.05) is 26.2 Å². The zero-order chi connectivity index (χ0) is 21.4. The molecule has 7 heteroatoms. The van der Waals surface area contributed by atoms with Crippen molar-refractivity contribution in [1.82, 2.24) is 19.6 Å². The van der Waals surface area contributed by atoms with E-state index < -0.39 is 0 Å². The number of halogens is 1. The minimum Gasteiger partial charge on any atom is -0.342 e. The van der Waals surface area contributed by atoms with Crippen molar-refractivity contribution in [2.45, 2.75) is 51.4 Å². The first kappa shape index (κ1) is 20.7. The van der Waals surface area contributed by atoms with E-state index in [1.54, 1.807) is 0 Å². The molecule has 0 radical (unpaired) electrons. The van der Waals surface area contributed by atoms with Crippen molar-refractivity contribution < 1.29 is 9.59 Å². The molecule has 2 fully saturated rings. The third-order valence-electron chi connectivity index (χ3n) is 6.98. The minimum atomic E-state index is 0.0268. The molecular formula is C24H29BrN4O2. The van der Waals surface area contributed by atoms with Crippen molar-refractivity contribution >= 4 is 27.7 Å². The Morgan fingerprint density at radius 2 is 1.68 bits per heavy atom. The van der Waals surface area contributed by atoms with Crippen LogP contribution in [0.4, 0.5) is 0 Å². The van der Waals surface area contributed by atoms with Gasteiger partial charge in [0.2, 0.25) is 5.91 Å². The van der Waals surface area contributed by atoms with Gasteiger partial charge < -0.3 is 9.80 Å². The van der Waals surface area contributed by atoms with Crippen molar-refractivity contribution in [1.29, 1.82) is 0 Å². The highest BCUT2D eigenvalue weighted by atomic mass is 79.9. The fourth-order valence-corrected chi connectivity index (χ4v) is 5.65. The van der Waals surface area contributed by atoms with E-state index in [2.05, 4.69) is 15.9 Å². The quantitative estimate of drug-likeness (QED) is 0.661. The average Bonchev–Trinajstić information content (AvgIpc) is 3.47. The molecule has 0 atom stereocenters. The second-order valence-corrected chi connectivity index (χ2v) is 9.89. The highest BCUT2D eigenvalue weighted by Gasteiger charge is 2.34. The molecule has 2 amide bonds. The molecule has 5 rings (SSSR count). The van der Waals surface area contributed by atoms with Crippen LogP contribution in [0.2, 0.25) is 0 Å². The molecule has 1 aliphatic carbocycles. The molecule has 2 aliphatic heterocycles. The summed E-state index contributed by atoms with van der Waals surface area (Å²) in [4.78, 5) is 30.1. The number of nitrogens with zero attached hydrogens (tertiary/aromatic N) is 4. The lowest BCUT2D eigenvalue weighted by atomic mass is 9.93. The number of fused-ring (bicyclic) bond motifs is 1. The highest BCUT2D eigenvalue weighted by molar-refractivity contribution is 9.10. The molecule has 1 aromatic heterocycles. The first-order valence-corrected chi connectivity index (χ1v) is 12.4. The first-order chi connectivity index (χ1) is 15.1. The fourth-order valence-electron chi connectivity index (χ4n) is 5.27. The monoisotopic (exact) mass is 484 g/mol. The number of rotatable bonds is 3. The largest absolute Gasteiger partial charge is 0.342 e. The molecule has 164 valence electrons. The predicted molar refractivity (Wildman–Crippen MR) is 122 cm³/mol. The second kappa shape index (κ2) is 8.77. The molecule has 6 nitrogen and oxygen atoms in total. The van der Waals surface area contributed by atoms with E-state index in [-0.39, 0.29) is 11.8 Å². The summed E-state index contributed by atoms with van der Waals surface area (Å²) in [5, 5.41) is 4.82. The van der Waals surface area contributed by atoms with Crippen LogP contribution in [-0.2, 0) is 17.6 Å². The van der Waals surface area contributed by atoms with Gasteiger partial charge in [-0.3, -0.25) is 9.59 Å². The molecule has 0 spiro atoms. The number of carbonyl (C=O) groups excluding carboxylic acids is 2. The zero-order valence-corrected chi connectivity index (χ0v) is 19.4. The van der Waals surface area contributed by atoms with Crippen LogP contribution in [0.15, 0.2) is 28.7 Å². The number of hydrogen-bond donors (Lipinski definition) is 0. The Balaban J connectivity index is 1.34. The highest BCUT2D eigenvalue weighted by Crippen LogP contribution is 2.30. The van der Waals surface area contributed by atoms with Crippen molar-refractivity contribution in [3.63, 3.8) is 0 Å². The SMILES string of the molecule is O=C(c1nn(-c2cccc(Br)c2)c2c1CCCC2)N1CCC(C(=O)N2CCCC2)CC1. The summed E-state index contributed by atoms with van der Waals surface area (Å²) in [6.45, 7) is 3.08. The van der Waals surface area contributed by atoms with Gasteiger partial charge in [-0.25, -0.2) is 4.68 Å². The van der Waals surface area contributed by atoms with Gasteiger partial charge in [-0.1, -0.05) is 22.0 Å². The van der Waals surface area contributed by atoms with E-state index in [1.165, 1.54) is 5.69 Å². The van der Waals surface area contributed by atoms with Crippen molar-refractivity contribution in [3.05, 3.63) is 45.7 Å². The van der Waals surface area contributed by atoms with Crippen LogP contribution in [0, 0.1) is 5.92 Å². The Bertz CT molecular complexity index is 987. The average molecular weight is 485 g/mol. The maximum atomic E-state index is 13.5. The van der Waals surface area contributed by atoms with E-state index in [4.69, 9.17) is 5.10 Å². The van der Waals surface area contributed by atoms with E-state index in [9.17, 15) is 9.59 Å². The van der Waals surface area contributed by atoms with Crippen LogP contribution >= 0.6 is 15.9 Å². The van der Waals surface area contributed by atoms with Gasteiger partial charge in [0, 0.05) is 47.8 Å². The molecule has 0 N–H and O–H groups in total. The lowest BCUT2D eigenvalue weighted by Gasteiger charge is -2.33. The van der Waals surface area contributed by atoms with Crippen LogP contribution in [0.1, 0.15) is 60.3 Å². The summed E-state index contributed by atoms with van der Waals surface area (Å²) >= 11 is 3.55. The van der Waals surface area contributed by atoms with Crippen LogP contribution in [0.5, 0.6) is 0 Å². The topological polar surface area (TPSA) is 58.4 Å². The van der Waals surface area contributed by atoms with E-state index in [0.29, 0.717) is 24.7 Å². The van der Waals surface area contributed by atoms with Gasteiger partial charge in [-0.05, 0) is 69.6 Å². The summed E-state index contributed by atoms with van der Waals surface area (Å²) in [5.74, 6) is 0.384. The van der Waals surface area contributed by atoms with Gasteiger partial charge >= 0.3 is 0 Å². The summed E-state index contributed by atoms with van der Waals surface area (Å²) < 4.78 is 2.97. The fraction of sp³-hybridized carbons (Fsp3) is 0.542. The van der Waals surface area contributed by atoms with Gasteiger partial charge in [0.15, 0.2) is 5.69 Å². The number of hydrogen-bond acceptors (Lipinski definition) is 3. The maximum Gasteiger partial charge on any atom is 0.274 e. The Labute approximate surface area is 191 Å². The predicted octanol–water partition coefficient (Wildman–Crippen LogP) is 3.99. The summed E-state index contributed by atoms with van der Waals surface area (Å²) in [6.07, 6.45) is 7.85. The van der Waals surface area contributed by atoms with Crippen molar-refractivity contribution in [2.24, 2.45) is 5.92 Å². The van der Waals surface area contributed by atoms with E-state index in [0.717, 1.165) is 80.2 Å². The van der Waals surface area contributed by atoms with Crippen molar-refractivity contribution in [3.8, 4) is 5.69 Å². The minimum absolute atomic E-state index is 0.0268. The van der Waals surface area contributed by atoms with Crippen LogP contribution < -0.4 is 0 Å². The summed E-state index contributed by atoms with van der Waals surface area (Å²) in [5.41, 5.74) is 3.89. The lowest BCUT2D eigenvalue weighted by Crippen LogP contribution is -2.44. The Kier molecular flexibility index (Phi) is 5.87. The Morgan fingerprint density at radius 1 is 0.935 bits per heavy atom. The number of amides is 2. The van der Waals surface area contributed by atoms with E-state index in [1.807, 2.05) is 38.7 Å². The molecule has 1 aromatic carbocycles. The molecule has 0 unspecified atom stereocenters.